The number of nitrogens with zero attached hydrogens (tertiary/aromatic N) is 4. The molecule has 0 radical (unpaired) electrons. The van der Waals surface area contributed by atoms with Crippen molar-refractivity contribution in [1.29, 1.82) is 0 Å². The van der Waals surface area contributed by atoms with E-state index < -0.39 is 0 Å². The maximum Gasteiger partial charge on any atom is 0.156 e. The van der Waals surface area contributed by atoms with E-state index in [0.29, 0.717) is 12.5 Å². The lowest BCUT2D eigenvalue weighted by molar-refractivity contribution is 0.177. The highest BCUT2D eigenvalue weighted by molar-refractivity contribution is 7.09. The smallest absolute Gasteiger partial charge is 0.156 e. The third kappa shape index (κ3) is 4.23. The largest absolute Gasteiger partial charge is 0.381 e. The van der Waals surface area contributed by atoms with Crippen molar-refractivity contribution in [3.05, 3.63) is 40.0 Å². The van der Waals surface area contributed by atoms with Gasteiger partial charge >= 0.3 is 0 Å². The SMILES string of the molecule is COCc1nc([C@@H]2CCOC2)cc(N2CCN(Cc3cccs3)CC2)n1. The Hall–Kier alpha value is -1.54. The van der Waals surface area contributed by atoms with Crippen molar-refractivity contribution in [2.75, 3.05) is 51.4 Å². The standard InChI is InChI=1S/C19H26N4O2S/c1-24-14-18-20-17(15-4-9-25-13-15)11-19(21-18)23-7-5-22(6-8-23)12-16-3-2-10-26-16/h2-3,10-11,15H,4-9,12-14H2,1H3/t15-/m1/s1. The maximum absolute atomic E-state index is 5.55. The van der Waals surface area contributed by atoms with Gasteiger partial charge in [0.2, 0.25) is 0 Å². The molecule has 2 fully saturated rings. The average molecular weight is 375 g/mol. The van der Waals surface area contributed by atoms with E-state index in [1.165, 1.54) is 4.88 Å². The molecule has 0 aromatic carbocycles. The molecule has 1 atom stereocenters. The number of methoxy groups -OCH3 is 1. The summed E-state index contributed by atoms with van der Waals surface area (Å²) >= 11 is 1.84. The van der Waals surface area contributed by atoms with Crippen molar-refractivity contribution in [2.45, 2.75) is 25.5 Å². The predicted octanol–water partition coefficient (Wildman–Crippen LogP) is 2.51. The summed E-state index contributed by atoms with van der Waals surface area (Å²) < 4.78 is 10.8. The Labute approximate surface area is 158 Å². The molecule has 140 valence electrons. The second-order valence-electron chi connectivity index (χ2n) is 6.90. The molecule has 0 spiro atoms. The number of thiophene rings is 1. The Balaban J connectivity index is 1.44. The van der Waals surface area contributed by atoms with Gasteiger partial charge in [-0.25, -0.2) is 9.97 Å². The normalized spacial score (nSPS) is 21.4. The van der Waals surface area contributed by atoms with Crippen LogP contribution < -0.4 is 4.90 Å². The second kappa shape index (κ2) is 8.43. The van der Waals surface area contributed by atoms with Gasteiger partial charge in [-0.05, 0) is 17.9 Å². The van der Waals surface area contributed by atoms with Crippen LogP contribution in [0.5, 0.6) is 0 Å². The van der Waals surface area contributed by atoms with Gasteiger partial charge in [-0.2, -0.15) is 0 Å². The minimum Gasteiger partial charge on any atom is -0.381 e. The molecular weight excluding hydrogens is 348 g/mol. The molecule has 2 aliphatic heterocycles. The van der Waals surface area contributed by atoms with Gasteiger partial charge in [-0.1, -0.05) is 6.07 Å². The summed E-state index contributed by atoms with van der Waals surface area (Å²) in [6.45, 7) is 7.20. The van der Waals surface area contributed by atoms with Crippen molar-refractivity contribution in [2.24, 2.45) is 0 Å². The number of hydrogen-bond acceptors (Lipinski definition) is 7. The number of hydrogen-bond donors (Lipinski definition) is 0. The summed E-state index contributed by atoms with van der Waals surface area (Å²) in [4.78, 5) is 15.8. The van der Waals surface area contributed by atoms with Gasteiger partial charge in [0.25, 0.3) is 0 Å². The lowest BCUT2D eigenvalue weighted by Crippen LogP contribution is -2.46. The summed E-state index contributed by atoms with van der Waals surface area (Å²) in [5.41, 5.74) is 1.10. The van der Waals surface area contributed by atoms with Crippen molar-refractivity contribution >= 4 is 17.2 Å². The molecule has 7 heteroatoms. The molecule has 0 aliphatic carbocycles. The first kappa shape index (κ1) is 17.9. The fraction of sp³-hybridized carbons (Fsp3) is 0.579. The zero-order valence-electron chi connectivity index (χ0n) is 15.3. The molecule has 26 heavy (non-hydrogen) atoms. The van der Waals surface area contributed by atoms with Crippen LogP contribution in [-0.4, -0.2) is 61.4 Å². The third-order valence-electron chi connectivity index (χ3n) is 5.06. The molecule has 4 heterocycles. The molecule has 0 bridgehead atoms. The molecule has 6 nitrogen and oxygen atoms in total. The van der Waals surface area contributed by atoms with Crippen molar-refractivity contribution in [1.82, 2.24) is 14.9 Å². The molecular formula is C19H26N4O2S. The number of aromatic nitrogens is 2. The van der Waals surface area contributed by atoms with Crippen molar-refractivity contribution in [3.8, 4) is 0 Å². The van der Waals surface area contributed by atoms with Crippen LogP contribution in [0.1, 0.15) is 28.7 Å². The Morgan fingerprint density at radius 3 is 2.85 bits per heavy atom. The Morgan fingerprint density at radius 1 is 1.27 bits per heavy atom. The van der Waals surface area contributed by atoms with Gasteiger partial charge in [0.1, 0.15) is 12.4 Å². The Kier molecular flexibility index (Phi) is 5.79. The number of piperazine rings is 1. The zero-order valence-corrected chi connectivity index (χ0v) is 16.1. The first-order valence-electron chi connectivity index (χ1n) is 9.26. The Morgan fingerprint density at radius 2 is 2.15 bits per heavy atom. The molecule has 0 N–H and O–H groups in total. The summed E-state index contributed by atoms with van der Waals surface area (Å²) in [7, 11) is 1.69. The van der Waals surface area contributed by atoms with Gasteiger partial charge in [0, 0.05) is 63.3 Å². The van der Waals surface area contributed by atoms with E-state index in [1.54, 1.807) is 7.11 Å². The van der Waals surface area contributed by atoms with E-state index in [9.17, 15) is 0 Å². The van der Waals surface area contributed by atoms with E-state index >= 15 is 0 Å². The Bertz CT molecular complexity index is 696. The van der Waals surface area contributed by atoms with E-state index in [0.717, 1.165) is 69.7 Å². The predicted molar refractivity (Wildman–Crippen MR) is 103 cm³/mol. The molecule has 2 aromatic rings. The summed E-state index contributed by atoms with van der Waals surface area (Å²) in [6.07, 6.45) is 1.04. The van der Waals surface area contributed by atoms with Crippen LogP contribution in [-0.2, 0) is 22.6 Å². The fourth-order valence-electron chi connectivity index (χ4n) is 3.59. The maximum atomic E-state index is 5.55. The summed E-state index contributed by atoms with van der Waals surface area (Å²) in [5.74, 6) is 2.19. The van der Waals surface area contributed by atoms with Crippen LogP contribution in [0.4, 0.5) is 5.82 Å². The number of anilines is 1. The average Bonchev–Trinajstić information content (AvgIpc) is 3.36. The highest BCUT2D eigenvalue weighted by Crippen LogP contribution is 2.27. The van der Waals surface area contributed by atoms with Gasteiger partial charge in [0.05, 0.1) is 12.3 Å². The van der Waals surface area contributed by atoms with Crippen LogP contribution in [0.2, 0.25) is 0 Å². The molecule has 0 saturated carbocycles. The van der Waals surface area contributed by atoms with E-state index in [1.807, 2.05) is 11.3 Å². The van der Waals surface area contributed by atoms with Gasteiger partial charge in [0.15, 0.2) is 5.82 Å². The third-order valence-corrected chi connectivity index (χ3v) is 5.92. The topological polar surface area (TPSA) is 50.7 Å². The van der Waals surface area contributed by atoms with Crippen molar-refractivity contribution < 1.29 is 9.47 Å². The minimum atomic E-state index is 0.382. The van der Waals surface area contributed by atoms with Crippen LogP contribution in [0.25, 0.3) is 0 Å². The van der Waals surface area contributed by atoms with E-state index in [2.05, 4.69) is 33.4 Å². The number of rotatable bonds is 6. The highest BCUT2D eigenvalue weighted by Gasteiger charge is 2.24. The minimum absolute atomic E-state index is 0.382. The van der Waals surface area contributed by atoms with Gasteiger partial charge < -0.3 is 14.4 Å². The molecule has 2 aromatic heterocycles. The quantitative estimate of drug-likeness (QED) is 0.774. The monoisotopic (exact) mass is 374 g/mol. The summed E-state index contributed by atoms with van der Waals surface area (Å²) in [6, 6.07) is 6.50. The van der Waals surface area contributed by atoms with E-state index in [-0.39, 0.29) is 0 Å². The lowest BCUT2D eigenvalue weighted by atomic mass is 10.0. The second-order valence-corrected chi connectivity index (χ2v) is 7.94. The number of ether oxygens (including phenoxy) is 2. The van der Waals surface area contributed by atoms with Gasteiger partial charge in [-0.15, -0.1) is 11.3 Å². The summed E-state index contributed by atoms with van der Waals surface area (Å²) in [5, 5.41) is 2.15. The van der Waals surface area contributed by atoms with E-state index in [4.69, 9.17) is 19.4 Å². The van der Waals surface area contributed by atoms with Crippen LogP contribution >= 0.6 is 11.3 Å². The molecule has 2 aliphatic rings. The van der Waals surface area contributed by atoms with Crippen molar-refractivity contribution in [3.63, 3.8) is 0 Å². The molecule has 2 saturated heterocycles. The zero-order chi connectivity index (χ0) is 17.8. The van der Waals surface area contributed by atoms with Crippen LogP contribution in [0, 0.1) is 0 Å². The van der Waals surface area contributed by atoms with Gasteiger partial charge in [-0.3, -0.25) is 4.90 Å². The highest BCUT2D eigenvalue weighted by atomic mass is 32.1. The molecule has 0 amide bonds. The first-order valence-corrected chi connectivity index (χ1v) is 10.1. The first-order chi connectivity index (χ1) is 12.8. The van der Waals surface area contributed by atoms with Crippen LogP contribution in [0.3, 0.4) is 0 Å². The molecule has 4 rings (SSSR count). The fourth-order valence-corrected chi connectivity index (χ4v) is 4.34. The lowest BCUT2D eigenvalue weighted by Gasteiger charge is -2.35. The van der Waals surface area contributed by atoms with Crippen LogP contribution in [0.15, 0.2) is 23.6 Å². The molecule has 0 unspecified atom stereocenters.